The minimum atomic E-state index is -0.439. The molecule has 1 heterocycles. The Balaban J connectivity index is 1.65. The molecule has 1 aliphatic heterocycles. The molecule has 7 heteroatoms. The van der Waals surface area contributed by atoms with Gasteiger partial charge in [0.2, 0.25) is 5.91 Å². The van der Waals surface area contributed by atoms with Crippen molar-refractivity contribution in [3.05, 3.63) is 53.3 Å². The molecule has 1 fully saturated rings. The fourth-order valence-corrected chi connectivity index (χ4v) is 3.35. The minimum Gasteiger partial charge on any atom is -0.495 e. The Morgan fingerprint density at radius 2 is 1.93 bits per heavy atom. The van der Waals surface area contributed by atoms with Crippen LogP contribution < -0.4 is 15.0 Å². The molecule has 0 bridgehead atoms. The smallest absolute Gasteiger partial charge is 0.227 e. The number of anilines is 2. The number of nitrogens with zero attached hydrogens (tertiary/aromatic N) is 3. The number of hydrogen-bond donors (Lipinski definition) is 1. The third-order valence-corrected chi connectivity index (χ3v) is 4.87. The number of hydrogen-bond acceptors (Lipinski definition) is 5. The first-order valence-corrected chi connectivity index (χ1v) is 8.89. The van der Waals surface area contributed by atoms with Crippen LogP contribution >= 0.6 is 0 Å². The molecule has 1 aliphatic rings. The number of nitriles is 2. The van der Waals surface area contributed by atoms with E-state index >= 15 is 0 Å². The summed E-state index contributed by atoms with van der Waals surface area (Å²) in [6.07, 6.45) is 1.24. The van der Waals surface area contributed by atoms with E-state index in [-0.39, 0.29) is 11.8 Å². The lowest BCUT2D eigenvalue weighted by Crippen LogP contribution is -2.38. The van der Waals surface area contributed by atoms with Crippen LogP contribution in [0.4, 0.5) is 15.8 Å². The average Bonchev–Trinajstić information content (AvgIpc) is 2.74. The molecule has 0 spiro atoms. The number of amides is 1. The number of benzene rings is 2. The van der Waals surface area contributed by atoms with Gasteiger partial charge in [-0.25, -0.2) is 4.39 Å². The molecular formula is C21H19FN4O2. The highest BCUT2D eigenvalue weighted by atomic mass is 19.1. The van der Waals surface area contributed by atoms with Gasteiger partial charge in [0, 0.05) is 25.1 Å². The van der Waals surface area contributed by atoms with Gasteiger partial charge in [-0.2, -0.15) is 10.5 Å². The third-order valence-electron chi connectivity index (χ3n) is 4.87. The second kappa shape index (κ2) is 8.41. The van der Waals surface area contributed by atoms with Crippen LogP contribution in [0.3, 0.4) is 0 Å². The Morgan fingerprint density at radius 3 is 2.57 bits per heavy atom. The van der Waals surface area contributed by atoms with E-state index in [0.29, 0.717) is 54.2 Å². The lowest BCUT2D eigenvalue weighted by molar-refractivity contribution is -0.120. The van der Waals surface area contributed by atoms with Crippen LogP contribution in [0, 0.1) is 34.4 Å². The van der Waals surface area contributed by atoms with Gasteiger partial charge in [-0.1, -0.05) is 0 Å². The molecule has 0 aliphatic carbocycles. The van der Waals surface area contributed by atoms with Crippen molar-refractivity contribution in [2.75, 3.05) is 30.4 Å². The summed E-state index contributed by atoms with van der Waals surface area (Å²) in [5.74, 6) is -0.286. The van der Waals surface area contributed by atoms with Gasteiger partial charge in [-0.3, -0.25) is 4.79 Å². The van der Waals surface area contributed by atoms with Crippen LogP contribution in [0.2, 0.25) is 0 Å². The van der Waals surface area contributed by atoms with Crippen molar-refractivity contribution in [3.8, 4) is 17.9 Å². The maximum Gasteiger partial charge on any atom is 0.227 e. The standard InChI is InChI=1S/C21H19FN4O2/c1-28-20-10-14(12-23)2-4-18(20)25-21(27)15-6-8-26(9-7-15)19-5-3-17(22)11-16(19)13-24/h2-5,10-11,15H,6-9H2,1H3,(H,25,27). The molecule has 28 heavy (non-hydrogen) atoms. The number of piperidine rings is 1. The van der Waals surface area contributed by atoms with E-state index in [2.05, 4.69) is 5.32 Å². The number of carbonyl (C=O) groups is 1. The topological polar surface area (TPSA) is 89.2 Å². The van der Waals surface area contributed by atoms with Crippen molar-refractivity contribution in [2.24, 2.45) is 5.92 Å². The quantitative estimate of drug-likeness (QED) is 0.880. The third kappa shape index (κ3) is 4.05. The summed E-state index contributed by atoms with van der Waals surface area (Å²) in [4.78, 5) is 14.7. The Hall–Kier alpha value is -3.58. The highest BCUT2D eigenvalue weighted by Crippen LogP contribution is 2.29. The van der Waals surface area contributed by atoms with Crippen molar-refractivity contribution in [3.63, 3.8) is 0 Å². The van der Waals surface area contributed by atoms with Gasteiger partial charge in [0.25, 0.3) is 0 Å². The Kier molecular flexibility index (Phi) is 5.76. The predicted molar refractivity (Wildman–Crippen MR) is 102 cm³/mol. The highest BCUT2D eigenvalue weighted by molar-refractivity contribution is 5.94. The van der Waals surface area contributed by atoms with Gasteiger partial charge in [0.15, 0.2) is 0 Å². The zero-order valence-corrected chi connectivity index (χ0v) is 15.4. The summed E-state index contributed by atoms with van der Waals surface area (Å²) < 4.78 is 18.6. The normalized spacial score (nSPS) is 14.1. The van der Waals surface area contributed by atoms with Gasteiger partial charge in [0.1, 0.15) is 17.6 Å². The van der Waals surface area contributed by atoms with Crippen molar-refractivity contribution < 1.29 is 13.9 Å². The van der Waals surface area contributed by atoms with Crippen LogP contribution in [-0.4, -0.2) is 26.1 Å². The van der Waals surface area contributed by atoms with E-state index in [9.17, 15) is 14.4 Å². The lowest BCUT2D eigenvalue weighted by atomic mass is 9.95. The molecular weight excluding hydrogens is 359 g/mol. The molecule has 1 amide bonds. The summed E-state index contributed by atoms with van der Waals surface area (Å²) in [6, 6.07) is 13.1. The largest absolute Gasteiger partial charge is 0.495 e. The molecule has 0 aromatic heterocycles. The molecule has 1 saturated heterocycles. The Bertz CT molecular complexity index is 969. The molecule has 1 N–H and O–H groups in total. The zero-order chi connectivity index (χ0) is 20.1. The molecule has 3 rings (SSSR count). The summed E-state index contributed by atoms with van der Waals surface area (Å²) in [6.45, 7) is 1.20. The van der Waals surface area contributed by atoms with Crippen LogP contribution in [0.1, 0.15) is 24.0 Å². The zero-order valence-electron chi connectivity index (χ0n) is 15.4. The van der Waals surface area contributed by atoms with Crippen LogP contribution in [0.15, 0.2) is 36.4 Å². The van der Waals surface area contributed by atoms with Crippen molar-refractivity contribution >= 4 is 17.3 Å². The number of rotatable bonds is 4. The van der Waals surface area contributed by atoms with Crippen molar-refractivity contribution in [1.82, 2.24) is 0 Å². The first kappa shape index (κ1) is 19.2. The van der Waals surface area contributed by atoms with E-state index in [4.69, 9.17) is 10.00 Å². The molecule has 0 radical (unpaired) electrons. The van der Waals surface area contributed by atoms with E-state index in [1.807, 2.05) is 17.0 Å². The Morgan fingerprint density at radius 1 is 1.18 bits per heavy atom. The highest BCUT2D eigenvalue weighted by Gasteiger charge is 2.27. The number of nitrogens with one attached hydrogen (secondary N) is 1. The first-order chi connectivity index (χ1) is 13.5. The van der Waals surface area contributed by atoms with Crippen LogP contribution in [0.5, 0.6) is 5.75 Å². The summed E-state index contributed by atoms with van der Waals surface area (Å²) in [5.41, 5.74) is 1.97. The van der Waals surface area contributed by atoms with Gasteiger partial charge in [0.05, 0.1) is 35.7 Å². The predicted octanol–water partition coefficient (Wildman–Crippen LogP) is 3.43. The monoisotopic (exact) mass is 378 g/mol. The van der Waals surface area contributed by atoms with E-state index in [0.717, 1.165) is 0 Å². The van der Waals surface area contributed by atoms with Gasteiger partial charge >= 0.3 is 0 Å². The fourth-order valence-electron chi connectivity index (χ4n) is 3.35. The SMILES string of the molecule is COc1cc(C#N)ccc1NC(=O)C1CCN(c2ccc(F)cc2C#N)CC1. The van der Waals surface area contributed by atoms with Crippen LogP contribution in [0.25, 0.3) is 0 Å². The molecule has 0 unspecified atom stereocenters. The number of methoxy groups -OCH3 is 1. The summed E-state index contributed by atoms with van der Waals surface area (Å²) >= 11 is 0. The van der Waals surface area contributed by atoms with Gasteiger partial charge < -0.3 is 15.0 Å². The molecule has 6 nitrogen and oxygen atoms in total. The van der Waals surface area contributed by atoms with E-state index in [1.165, 1.54) is 19.2 Å². The maximum atomic E-state index is 13.3. The number of ether oxygens (including phenoxy) is 1. The maximum absolute atomic E-state index is 13.3. The van der Waals surface area contributed by atoms with Gasteiger partial charge in [-0.05, 0) is 43.2 Å². The summed E-state index contributed by atoms with van der Waals surface area (Å²) in [7, 11) is 1.49. The second-order valence-electron chi connectivity index (χ2n) is 6.55. The number of carbonyl (C=O) groups excluding carboxylic acids is 1. The van der Waals surface area contributed by atoms with E-state index < -0.39 is 5.82 Å². The summed E-state index contributed by atoms with van der Waals surface area (Å²) in [5, 5.41) is 21.1. The van der Waals surface area contributed by atoms with Crippen LogP contribution in [-0.2, 0) is 4.79 Å². The average molecular weight is 378 g/mol. The molecule has 0 saturated carbocycles. The van der Waals surface area contributed by atoms with Gasteiger partial charge in [-0.15, -0.1) is 0 Å². The second-order valence-corrected chi connectivity index (χ2v) is 6.55. The van der Waals surface area contributed by atoms with Crippen molar-refractivity contribution in [1.29, 1.82) is 10.5 Å². The van der Waals surface area contributed by atoms with E-state index in [1.54, 1.807) is 24.3 Å². The molecule has 142 valence electrons. The minimum absolute atomic E-state index is 0.109. The lowest BCUT2D eigenvalue weighted by Gasteiger charge is -2.33. The first-order valence-electron chi connectivity index (χ1n) is 8.89. The van der Waals surface area contributed by atoms with Crippen molar-refractivity contribution in [2.45, 2.75) is 12.8 Å². The molecule has 2 aromatic carbocycles. The number of halogens is 1. The fraction of sp³-hybridized carbons (Fsp3) is 0.286. The Labute approximate surface area is 162 Å². The molecule has 2 aromatic rings. The molecule has 0 atom stereocenters.